The number of carbonyl (C=O) groups excluding carboxylic acids is 1. The van der Waals surface area contributed by atoms with Crippen molar-refractivity contribution in [3.63, 3.8) is 0 Å². The Morgan fingerprint density at radius 3 is 2.21 bits per heavy atom. The number of anilines is 1. The minimum Gasteiger partial charge on any atom is -0.374 e. The average molecular weight is 360 g/mol. The summed E-state index contributed by atoms with van der Waals surface area (Å²) < 4.78 is 18.4. The summed E-state index contributed by atoms with van der Waals surface area (Å²) >= 11 is 0. The molecule has 0 bridgehead atoms. The van der Waals surface area contributed by atoms with Gasteiger partial charge >= 0.3 is 14.8 Å². The number of rotatable bonds is 11. The van der Waals surface area contributed by atoms with E-state index in [-0.39, 0.29) is 5.95 Å². The molecule has 0 radical (unpaired) electrons. The quantitative estimate of drug-likeness (QED) is 0.453. The van der Waals surface area contributed by atoms with Crippen LogP contribution in [0, 0.1) is 0 Å². The Bertz CT molecular complexity index is 494. The van der Waals surface area contributed by atoms with E-state index in [4.69, 9.17) is 19.0 Å². The molecule has 0 saturated heterocycles. The van der Waals surface area contributed by atoms with E-state index in [1.54, 1.807) is 0 Å². The van der Waals surface area contributed by atoms with Gasteiger partial charge in [-0.25, -0.2) is 4.79 Å². The molecule has 1 heterocycles. The van der Waals surface area contributed by atoms with Crippen molar-refractivity contribution in [1.29, 1.82) is 0 Å². The molecule has 0 unspecified atom stereocenters. The van der Waals surface area contributed by atoms with Crippen molar-refractivity contribution in [2.75, 3.05) is 32.1 Å². The Labute approximate surface area is 144 Å². The first-order valence-electron chi connectivity index (χ1n) is 8.43. The molecule has 9 nitrogen and oxygen atoms in total. The Morgan fingerprint density at radius 1 is 1.17 bits per heavy atom. The summed E-state index contributed by atoms with van der Waals surface area (Å²) in [6.07, 6.45) is 1.29. The topological polar surface area (TPSA) is 114 Å². The lowest BCUT2D eigenvalue weighted by molar-refractivity contribution is 0.0708. The van der Waals surface area contributed by atoms with Gasteiger partial charge in [0.15, 0.2) is 5.82 Å². The van der Waals surface area contributed by atoms with Crippen molar-refractivity contribution < 1.29 is 18.1 Å². The fourth-order valence-corrected chi connectivity index (χ4v) is 4.86. The number of nitrogens with one attached hydrogen (secondary N) is 1. The summed E-state index contributed by atoms with van der Waals surface area (Å²) in [6, 6.07) is 0.242. The van der Waals surface area contributed by atoms with E-state index in [1.807, 2.05) is 27.7 Å². The van der Waals surface area contributed by atoms with Gasteiger partial charge in [-0.1, -0.05) is 6.92 Å². The van der Waals surface area contributed by atoms with Crippen LogP contribution in [0.5, 0.6) is 0 Å². The number of nitrogens with zero attached hydrogens (tertiary/aromatic N) is 3. The first kappa shape index (κ1) is 20.6. The van der Waals surface area contributed by atoms with Crippen molar-refractivity contribution in [2.24, 2.45) is 0 Å². The van der Waals surface area contributed by atoms with E-state index in [1.165, 1.54) is 0 Å². The Hall–Kier alpha value is -1.49. The number of aryl methyl sites for hydroxylation is 1. The molecule has 1 aromatic heterocycles. The smallest absolute Gasteiger partial charge is 0.374 e. The molecule has 10 heteroatoms. The van der Waals surface area contributed by atoms with Crippen LogP contribution in [-0.2, 0) is 19.7 Å². The highest BCUT2D eigenvalue weighted by Crippen LogP contribution is 2.17. The van der Waals surface area contributed by atoms with E-state index in [0.717, 1.165) is 4.68 Å². The number of aromatic nitrogens is 3. The molecule has 24 heavy (non-hydrogen) atoms. The van der Waals surface area contributed by atoms with Gasteiger partial charge in [0, 0.05) is 38.8 Å². The normalized spacial score (nSPS) is 11.7. The zero-order chi connectivity index (χ0) is 18.0. The second-order valence-electron chi connectivity index (χ2n) is 4.97. The summed E-state index contributed by atoms with van der Waals surface area (Å²) in [5.41, 5.74) is 5.69. The van der Waals surface area contributed by atoms with Gasteiger partial charge in [0.1, 0.15) is 0 Å². The molecule has 0 aromatic carbocycles. The molecule has 1 aromatic rings. The van der Waals surface area contributed by atoms with Crippen molar-refractivity contribution >= 4 is 20.8 Å². The maximum Gasteiger partial charge on any atom is 0.500 e. The van der Waals surface area contributed by atoms with Gasteiger partial charge in [-0.2, -0.15) is 4.98 Å². The Balaban J connectivity index is 2.52. The highest BCUT2D eigenvalue weighted by Gasteiger charge is 2.39. The molecule has 0 spiro atoms. The van der Waals surface area contributed by atoms with Gasteiger partial charge in [-0.05, 0) is 27.2 Å². The van der Waals surface area contributed by atoms with E-state index in [0.29, 0.717) is 51.1 Å². The number of amides is 1. The largest absolute Gasteiger partial charge is 0.500 e. The predicted molar refractivity (Wildman–Crippen MR) is 92.7 cm³/mol. The molecule has 0 saturated carbocycles. The summed E-state index contributed by atoms with van der Waals surface area (Å²) in [4.78, 5) is 16.1. The van der Waals surface area contributed by atoms with Crippen LogP contribution in [0.1, 0.15) is 39.9 Å². The minimum absolute atomic E-state index is 0.0889. The zero-order valence-corrected chi connectivity index (χ0v) is 16.0. The van der Waals surface area contributed by atoms with Crippen molar-refractivity contribution in [1.82, 2.24) is 20.1 Å². The molecule has 138 valence electrons. The molecule has 0 aliphatic heterocycles. The predicted octanol–water partition coefficient (Wildman–Crippen LogP) is 1.42. The lowest BCUT2D eigenvalue weighted by Gasteiger charge is -2.28. The number of carbonyl (C=O) groups is 1. The second kappa shape index (κ2) is 10.4. The first-order valence-corrected chi connectivity index (χ1v) is 10.4. The van der Waals surface area contributed by atoms with Crippen molar-refractivity contribution in [2.45, 2.75) is 46.6 Å². The van der Waals surface area contributed by atoms with Crippen LogP contribution in [0.3, 0.4) is 0 Å². The van der Waals surface area contributed by atoms with Crippen LogP contribution in [0.15, 0.2) is 0 Å². The zero-order valence-electron chi connectivity index (χ0n) is 15.0. The van der Waals surface area contributed by atoms with Gasteiger partial charge in [0.05, 0.1) is 0 Å². The van der Waals surface area contributed by atoms with Crippen molar-refractivity contribution in [3.05, 3.63) is 5.82 Å². The van der Waals surface area contributed by atoms with E-state index < -0.39 is 14.8 Å². The molecular weight excluding hydrogens is 330 g/mol. The Kier molecular flexibility index (Phi) is 8.90. The third-order valence-corrected chi connectivity index (χ3v) is 6.36. The van der Waals surface area contributed by atoms with Gasteiger partial charge in [-0.3, -0.25) is 0 Å². The van der Waals surface area contributed by atoms with Crippen LogP contribution in [-0.4, -0.2) is 56.0 Å². The number of nitrogens with two attached hydrogens (primary N) is 1. The first-order chi connectivity index (χ1) is 11.5. The molecular formula is C14H29N5O4Si. The lowest BCUT2D eigenvalue weighted by Crippen LogP contribution is -2.46. The minimum atomic E-state index is -2.67. The maximum absolute atomic E-state index is 12.1. The van der Waals surface area contributed by atoms with Gasteiger partial charge in [0.25, 0.3) is 0 Å². The molecule has 0 aliphatic carbocycles. The average Bonchev–Trinajstić information content (AvgIpc) is 2.93. The SMILES string of the molecule is CCO[Si](CCCNC(=O)n1nc(CC)nc1N)(OCC)OCC. The summed E-state index contributed by atoms with van der Waals surface area (Å²) in [7, 11) is -2.67. The van der Waals surface area contributed by atoms with Crippen LogP contribution < -0.4 is 11.1 Å². The van der Waals surface area contributed by atoms with Crippen LogP contribution in [0.2, 0.25) is 6.04 Å². The molecule has 0 aliphatic rings. The fraction of sp³-hybridized carbons (Fsp3) is 0.786. The van der Waals surface area contributed by atoms with Crippen LogP contribution in [0.4, 0.5) is 10.7 Å². The third-order valence-electron chi connectivity index (χ3n) is 3.21. The van der Waals surface area contributed by atoms with E-state index in [2.05, 4.69) is 15.4 Å². The van der Waals surface area contributed by atoms with E-state index >= 15 is 0 Å². The molecule has 1 rings (SSSR count). The molecule has 3 N–H and O–H groups in total. The molecule has 0 fully saturated rings. The highest BCUT2D eigenvalue weighted by atomic mass is 28.4. The second-order valence-corrected chi connectivity index (χ2v) is 7.70. The van der Waals surface area contributed by atoms with E-state index in [9.17, 15) is 4.79 Å². The molecule has 0 atom stereocenters. The molecule has 1 amide bonds. The Morgan fingerprint density at radius 2 is 1.75 bits per heavy atom. The highest BCUT2D eigenvalue weighted by molar-refractivity contribution is 6.60. The monoisotopic (exact) mass is 359 g/mol. The maximum atomic E-state index is 12.1. The number of hydrogen-bond acceptors (Lipinski definition) is 7. The van der Waals surface area contributed by atoms with Crippen LogP contribution in [0.25, 0.3) is 0 Å². The lowest BCUT2D eigenvalue weighted by atomic mass is 10.5. The van der Waals surface area contributed by atoms with Crippen molar-refractivity contribution in [3.8, 4) is 0 Å². The summed E-state index contributed by atoms with van der Waals surface area (Å²) in [5, 5.41) is 6.82. The van der Waals surface area contributed by atoms with Gasteiger partial charge in [-0.15, -0.1) is 9.78 Å². The third kappa shape index (κ3) is 5.85. The number of nitrogen functional groups attached to an aromatic ring is 1. The van der Waals surface area contributed by atoms with Gasteiger partial charge in [0.2, 0.25) is 5.95 Å². The van der Waals surface area contributed by atoms with Gasteiger partial charge < -0.3 is 24.3 Å². The fourth-order valence-electron chi connectivity index (χ4n) is 2.24. The summed E-state index contributed by atoms with van der Waals surface area (Å²) in [6.45, 7) is 9.70. The summed E-state index contributed by atoms with van der Waals surface area (Å²) in [5.74, 6) is 0.629. The van der Waals surface area contributed by atoms with Crippen LogP contribution >= 0.6 is 0 Å². The number of hydrogen-bond donors (Lipinski definition) is 2. The standard InChI is InChI=1S/C14H29N5O4Si/c1-5-12-17-13(15)19(18-12)14(20)16-10-9-11-24(21-6-2,22-7-3)23-8-4/h5-11H2,1-4H3,(H,16,20)(H2,15,17,18).